The van der Waals surface area contributed by atoms with Crippen molar-refractivity contribution in [2.24, 2.45) is 17.3 Å². The number of amides is 3. The Balaban J connectivity index is 1.17. The quantitative estimate of drug-likeness (QED) is 0.838. The molecule has 2 atom stereocenters. The molecule has 0 spiro atoms. The van der Waals surface area contributed by atoms with Crippen LogP contribution in [-0.4, -0.2) is 78.5 Å². The zero-order chi connectivity index (χ0) is 17.6. The maximum atomic E-state index is 12.5. The van der Waals surface area contributed by atoms with Crippen LogP contribution in [0.15, 0.2) is 0 Å². The van der Waals surface area contributed by atoms with Crippen LogP contribution >= 0.6 is 0 Å². The second-order valence-electron chi connectivity index (χ2n) is 9.03. The van der Waals surface area contributed by atoms with Gasteiger partial charge in [-0.25, -0.2) is 4.79 Å². The fourth-order valence-corrected chi connectivity index (χ4v) is 5.06. The molecule has 1 saturated carbocycles. The summed E-state index contributed by atoms with van der Waals surface area (Å²) in [6, 6.07) is 0.380. The molecule has 4 aliphatic rings. The summed E-state index contributed by atoms with van der Waals surface area (Å²) in [4.78, 5) is 31.0. The fraction of sp³-hybridized carbons (Fsp3) is 0.895. The topological polar surface area (TPSA) is 55.9 Å². The average molecular weight is 348 g/mol. The number of hydrogen-bond donors (Lipinski definition) is 1. The number of fused-ring (bicyclic) bond motifs is 1. The molecule has 0 unspecified atom stereocenters. The van der Waals surface area contributed by atoms with Crippen molar-refractivity contribution in [3.05, 3.63) is 0 Å². The normalized spacial score (nSPS) is 31.9. The predicted molar refractivity (Wildman–Crippen MR) is 96.1 cm³/mol. The van der Waals surface area contributed by atoms with Crippen LogP contribution in [0.2, 0.25) is 0 Å². The lowest BCUT2D eigenvalue weighted by Gasteiger charge is -2.34. The first-order valence-electron chi connectivity index (χ1n) is 10.0. The molecule has 0 bridgehead atoms. The Bertz CT molecular complexity index is 522. The van der Waals surface area contributed by atoms with E-state index in [0.29, 0.717) is 23.8 Å². The zero-order valence-corrected chi connectivity index (χ0v) is 15.7. The molecule has 0 radical (unpaired) electrons. The van der Waals surface area contributed by atoms with Gasteiger partial charge in [0.2, 0.25) is 5.91 Å². The van der Waals surface area contributed by atoms with Gasteiger partial charge in [-0.1, -0.05) is 13.8 Å². The van der Waals surface area contributed by atoms with Crippen molar-refractivity contribution in [1.82, 2.24) is 20.0 Å². The van der Waals surface area contributed by atoms with Crippen molar-refractivity contribution in [3.63, 3.8) is 0 Å². The van der Waals surface area contributed by atoms with Gasteiger partial charge in [-0.05, 0) is 42.9 Å². The molecule has 3 saturated heterocycles. The van der Waals surface area contributed by atoms with Crippen molar-refractivity contribution in [3.8, 4) is 0 Å². The molecule has 0 aromatic heterocycles. The third kappa shape index (κ3) is 3.37. The first kappa shape index (κ1) is 17.1. The number of rotatable bonds is 3. The number of nitrogens with zero attached hydrogens (tertiary/aromatic N) is 3. The van der Waals surface area contributed by atoms with E-state index in [-0.39, 0.29) is 18.0 Å². The first-order valence-corrected chi connectivity index (χ1v) is 10.0. The summed E-state index contributed by atoms with van der Waals surface area (Å²) in [5, 5.41) is 3.22. The maximum absolute atomic E-state index is 12.5. The summed E-state index contributed by atoms with van der Waals surface area (Å²) in [5.41, 5.74) is 0.448. The van der Waals surface area contributed by atoms with E-state index < -0.39 is 0 Å². The van der Waals surface area contributed by atoms with Crippen molar-refractivity contribution < 1.29 is 9.59 Å². The van der Waals surface area contributed by atoms with Gasteiger partial charge in [0.15, 0.2) is 0 Å². The summed E-state index contributed by atoms with van der Waals surface area (Å²) in [7, 11) is 0. The van der Waals surface area contributed by atoms with E-state index in [1.807, 2.05) is 9.80 Å². The highest BCUT2D eigenvalue weighted by molar-refractivity contribution is 5.78. The first-order chi connectivity index (χ1) is 11.9. The number of hydrogen-bond acceptors (Lipinski definition) is 3. The molecule has 1 aliphatic carbocycles. The van der Waals surface area contributed by atoms with Crippen LogP contribution in [0.1, 0.15) is 39.5 Å². The van der Waals surface area contributed by atoms with Crippen molar-refractivity contribution in [1.29, 1.82) is 0 Å². The molecule has 3 heterocycles. The smallest absolute Gasteiger partial charge is 0.317 e. The molecule has 25 heavy (non-hydrogen) atoms. The molecule has 0 aromatic rings. The lowest BCUT2D eigenvalue weighted by atomic mass is 10.0. The average Bonchev–Trinajstić information content (AvgIpc) is 3.11. The molecule has 4 rings (SSSR count). The minimum Gasteiger partial charge on any atom is -0.342 e. The fourth-order valence-electron chi connectivity index (χ4n) is 5.06. The Morgan fingerprint density at radius 1 is 0.960 bits per heavy atom. The molecule has 6 nitrogen and oxygen atoms in total. The van der Waals surface area contributed by atoms with E-state index in [2.05, 4.69) is 24.1 Å². The molecule has 140 valence electrons. The molecule has 3 aliphatic heterocycles. The second kappa shape index (κ2) is 6.45. The van der Waals surface area contributed by atoms with Gasteiger partial charge in [-0.2, -0.15) is 0 Å². The highest BCUT2D eigenvalue weighted by Crippen LogP contribution is 2.61. The third-order valence-electron chi connectivity index (χ3n) is 7.14. The van der Waals surface area contributed by atoms with Crippen LogP contribution in [0.4, 0.5) is 4.79 Å². The van der Waals surface area contributed by atoms with E-state index >= 15 is 0 Å². The highest BCUT2D eigenvalue weighted by Gasteiger charge is 2.62. The third-order valence-corrected chi connectivity index (χ3v) is 7.14. The van der Waals surface area contributed by atoms with Gasteiger partial charge >= 0.3 is 6.03 Å². The Morgan fingerprint density at radius 3 is 2.16 bits per heavy atom. The van der Waals surface area contributed by atoms with Crippen LogP contribution in [0.3, 0.4) is 0 Å². The molecule has 3 amide bonds. The van der Waals surface area contributed by atoms with Crippen LogP contribution in [0.25, 0.3) is 0 Å². The van der Waals surface area contributed by atoms with Gasteiger partial charge in [0.1, 0.15) is 0 Å². The second-order valence-corrected chi connectivity index (χ2v) is 9.03. The standard InChI is InChI=1S/C19H32N4O2/c1-19(2)15-11-23(12-16(15)19)18(25)20-14-5-9-21(10-6-14)13-17(24)22-7-3-4-8-22/h14-16H,3-13H2,1-2H3,(H,20,25)/t15-,16-/m1/s1. The van der Waals surface area contributed by atoms with Gasteiger partial charge in [-0.3, -0.25) is 9.69 Å². The van der Waals surface area contributed by atoms with Crippen molar-refractivity contribution in [2.75, 3.05) is 45.8 Å². The Hall–Kier alpha value is -1.30. The molecule has 4 fully saturated rings. The largest absolute Gasteiger partial charge is 0.342 e. The van der Waals surface area contributed by atoms with Crippen LogP contribution < -0.4 is 5.32 Å². The summed E-state index contributed by atoms with van der Waals surface area (Å²) in [5.74, 6) is 1.69. The molecular weight excluding hydrogens is 316 g/mol. The van der Waals surface area contributed by atoms with E-state index in [1.54, 1.807) is 0 Å². The zero-order valence-electron chi connectivity index (χ0n) is 15.7. The molecule has 1 N–H and O–H groups in total. The van der Waals surface area contributed by atoms with E-state index in [4.69, 9.17) is 0 Å². The highest BCUT2D eigenvalue weighted by atomic mass is 16.2. The summed E-state index contributed by atoms with van der Waals surface area (Å²) < 4.78 is 0. The Labute approximate surface area is 150 Å². The number of carbonyl (C=O) groups is 2. The number of carbonyl (C=O) groups excluding carboxylic acids is 2. The number of likely N-dealkylation sites (tertiary alicyclic amines) is 3. The van der Waals surface area contributed by atoms with E-state index in [0.717, 1.165) is 65.0 Å². The number of nitrogens with one attached hydrogen (secondary N) is 1. The number of urea groups is 1. The van der Waals surface area contributed by atoms with Gasteiger partial charge in [-0.15, -0.1) is 0 Å². The van der Waals surface area contributed by atoms with Crippen LogP contribution in [0, 0.1) is 17.3 Å². The Kier molecular flexibility index (Phi) is 4.42. The van der Waals surface area contributed by atoms with Crippen LogP contribution in [0.5, 0.6) is 0 Å². The van der Waals surface area contributed by atoms with E-state index in [1.165, 1.54) is 0 Å². The minimum atomic E-state index is 0.120. The van der Waals surface area contributed by atoms with Crippen molar-refractivity contribution >= 4 is 11.9 Å². The van der Waals surface area contributed by atoms with Gasteiger partial charge in [0.05, 0.1) is 6.54 Å². The van der Waals surface area contributed by atoms with E-state index in [9.17, 15) is 9.59 Å². The maximum Gasteiger partial charge on any atom is 0.317 e. The van der Waals surface area contributed by atoms with Gasteiger partial charge in [0, 0.05) is 45.3 Å². The molecule has 6 heteroatoms. The lowest BCUT2D eigenvalue weighted by molar-refractivity contribution is -0.131. The SMILES string of the molecule is CC1(C)[C@@H]2CN(C(=O)NC3CCN(CC(=O)N4CCCC4)CC3)C[C@H]21. The summed E-state index contributed by atoms with van der Waals surface area (Å²) in [6.07, 6.45) is 4.20. The Morgan fingerprint density at radius 2 is 1.56 bits per heavy atom. The van der Waals surface area contributed by atoms with Crippen molar-refractivity contribution in [2.45, 2.75) is 45.6 Å². The van der Waals surface area contributed by atoms with Crippen LogP contribution in [-0.2, 0) is 4.79 Å². The monoisotopic (exact) mass is 348 g/mol. The molecular formula is C19H32N4O2. The predicted octanol–water partition coefficient (Wildman–Crippen LogP) is 1.37. The minimum absolute atomic E-state index is 0.120. The van der Waals surface area contributed by atoms with Gasteiger partial charge in [0.25, 0.3) is 0 Å². The molecule has 0 aromatic carbocycles. The summed E-state index contributed by atoms with van der Waals surface area (Å²) >= 11 is 0. The summed E-state index contributed by atoms with van der Waals surface area (Å²) in [6.45, 7) is 10.7. The lowest BCUT2D eigenvalue weighted by Crippen LogP contribution is -2.50. The number of piperidine rings is 2. The van der Waals surface area contributed by atoms with Gasteiger partial charge < -0.3 is 15.1 Å².